The molecule has 0 atom stereocenters. The molecule has 24 heavy (non-hydrogen) atoms. The minimum Gasteiger partial charge on any atom is -0.357 e. The molecule has 0 bridgehead atoms. The molecule has 1 amide bonds. The van der Waals surface area contributed by atoms with Gasteiger partial charge in [0.1, 0.15) is 6.54 Å². The number of carbonyl (C=O) groups excluding carboxylic acids is 1. The molecule has 0 spiro atoms. The Morgan fingerprint density at radius 2 is 1.92 bits per heavy atom. The molecule has 6 heteroatoms. The number of guanidine groups is 1. The molecule has 1 aliphatic carbocycles. The van der Waals surface area contributed by atoms with E-state index >= 15 is 0 Å². The lowest BCUT2D eigenvalue weighted by Crippen LogP contribution is -2.49. The zero-order valence-corrected chi connectivity index (χ0v) is 15.5. The molecule has 1 aliphatic rings. The van der Waals surface area contributed by atoms with Gasteiger partial charge in [-0.3, -0.25) is 4.79 Å². The van der Waals surface area contributed by atoms with Gasteiger partial charge in [0.15, 0.2) is 5.96 Å². The van der Waals surface area contributed by atoms with Gasteiger partial charge in [0.05, 0.1) is 0 Å². The Hall–Kier alpha value is -1.75. The van der Waals surface area contributed by atoms with E-state index in [1.165, 1.54) is 12.0 Å². The molecule has 5 nitrogen and oxygen atoms in total. The largest absolute Gasteiger partial charge is 0.357 e. The van der Waals surface area contributed by atoms with E-state index in [0.717, 1.165) is 31.0 Å². The van der Waals surface area contributed by atoms with Crippen molar-refractivity contribution in [3.8, 4) is 0 Å². The van der Waals surface area contributed by atoms with Crippen LogP contribution in [0.2, 0.25) is 5.02 Å². The second-order valence-corrected chi connectivity index (χ2v) is 6.91. The van der Waals surface area contributed by atoms with Crippen LogP contribution in [-0.2, 0) is 10.2 Å². The van der Waals surface area contributed by atoms with Crippen molar-refractivity contribution in [1.82, 2.24) is 15.5 Å². The average molecular weight is 351 g/mol. The second-order valence-electron chi connectivity index (χ2n) is 6.48. The topological polar surface area (TPSA) is 56.7 Å². The van der Waals surface area contributed by atoms with Crippen molar-refractivity contribution in [2.75, 3.05) is 33.7 Å². The molecule has 1 aromatic carbocycles. The van der Waals surface area contributed by atoms with Crippen molar-refractivity contribution in [2.45, 2.75) is 31.6 Å². The van der Waals surface area contributed by atoms with Crippen molar-refractivity contribution in [3.63, 3.8) is 0 Å². The molecule has 0 unspecified atom stereocenters. The Balaban J connectivity index is 2.02. The zero-order valence-electron chi connectivity index (χ0n) is 14.7. The molecule has 1 saturated carbocycles. The van der Waals surface area contributed by atoms with Crippen molar-refractivity contribution in [1.29, 1.82) is 0 Å². The number of nitrogens with zero attached hydrogens (tertiary/aromatic N) is 2. The maximum atomic E-state index is 11.7. The number of hydrogen-bond acceptors (Lipinski definition) is 2. The van der Waals surface area contributed by atoms with Crippen LogP contribution in [0.15, 0.2) is 29.3 Å². The standard InChI is InChI=1S/C18H27ClN4O/c1-4-20-17(21-12-16(24)23(2)3)22-13-18(10-5-11-18)14-6-8-15(19)9-7-14/h6-9H,4-5,10-13H2,1-3H3,(H2,20,21,22). The van der Waals surface area contributed by atoms with E-state index in [0.29, 0.717) is 5.96 Å². The Bertz CT molecular complexity index is 579. The molecular formula is C18H27ClN4O. The first-order chi connectivity index (χ1) is 11.5. The highest BCUT2D eigenvalue weighted by Gasteiger charge is 2.38. The van der Waals surface area contributed by atoms with Gasteiger partial charge < -0.3 is 15.5 Å². The smallest absolute Gasteiger partial charge is 0.243 e. The number of hydrogen-bond donors (Lipinski definition) is 2. The molecule has 1 aromatic rings. The molecule has 0 aliphatic heterocycles. The summed E-state index contributed by atoms with van der Waals surface area (Å²) in [6.45, 7) is 3.73. The highest BCUT2D eigenvalue weighted by atomic mass is 35.5. The predicted octanol–water partition coefficient (Wildman–Crippen LogP) is 2.41. The van der Waals surface area contributed by atoms with Crippen molar-refractivity contribution in [3.05, 3.63) is 34.9 Å². The Morgan fingerprint density at radius 3 is 2.42 bits per heavy atom. The predicted molar refractivity (Wildman–Crippen MR) is 99.7 cm³/mol. The van der Waals surface area contributed by atoms with Gasteiger partial charge in [-0.05, 0) is 37.5 Å². The second kappa shape index (κ2) is 8.38. The van der Waals surface area contributed by atoms with Gasteiger partial charge in [0.25, 0.3) is 0 Å². The summed E-state index contributed by atoms with van der Waals surface area (Å²) in [4.78, 5) is 17.7. The monoisotopic (exact) mass is 350 g/mol. The van der Waals surface area contributed by atoms with E-state index in [9.17, 15) is 4.79 Å². The maximum Gasteiger partial charge on any atom is 0.243 e. The van der Waals surface area contributed by atoms with E-state index in [4.69, 9.17) is 11.6 Å². The molecule has 0 heterocycles. The summed E-state index contributed by atoms with van der Waals surface area (Å²) in [6.07, 6.45) is 3.53. The first-order valence-electron chi connectivity index (χ1n) is 8.45. The molecule has 0 saturated heterocycles. The lowest BCUT2D eigenvalue weighted by molar-refractivity contribution is -0.127. The molecule has 1 fully saturated rings. The van der Waals surface area contributed by atoms with Gasteiger partial charge in [-0.25, -0.2) is 4.99 Å². The van der Waals surface area contributed by atoms with Crippen LogP contribution in [0.5, 0.6) is 0 Å². The van der Waals surface area contributed by atoms with Crippen LogP contribution in [0.25, 0.3) is 0 Å². The normalized spacial score (nSPS) is 16.2. The van der Waals surface area contributed by atoms with E-state index in [1.807, 2.05) is 19.1 Å². The van der Waals surface area contributed by atoms with Gasteiger partial charge >= 0.3 is 0 Å². The van der Waals surface area contributed by atoms with Crippen molar-refractivity contribution < 1.29 is 4.79 Å². The zero-order chi connectivity index (χ0) is 17.6. The van der Waals surface area contributed by atoms with Gasteiger partial charge in [-0.1, -0.05) is 30.2 Å². The molecule has 132 valence electrons. The summed E-state index contributed by atoms with van der Waals surface area (Å²) >= 11 is 6.01. The highest BCUT2D eigenvalue weighted by Crippen LogP contribution is 2.43. The van der Waals surface area contributed by atoms with E-state index in [1.54, 1.807) is 19.0 Å². The Labute approximate surface area is 149 Å². The number of nitrogens with one attached hydrogen (secondary N) is 2. The quantitative estimate of drug-likeness (QED) is 0.612. The first kappa shape index (κ1) is 18.6. The van der Waals surface area contributed by atoms with Crippen LogP contribution in [0.3, 0.4) is 0 Å². The summed E-state index contributed by atoms with van der Waals surface area (Å²) in [6, 6.07) is 8.13. The SMILES string of the molecule is CCNC(=NCC(=O)N(C)C)NCC1(c2ccc(Cl)cc2)CCC1. The first-order valence-corrected chi connectivity index (χ1v) is 8.83. The van der Waals surface area contributed by atoms with Gasteiger partial charge in [0, 0.05) is 37.6 Å². The lowest BCUT2D eigenvalue weighted by Gasteiger charge is -2.43. The fourth-order valence-electron chi connectivity index (χ4n) is 2.86. The summed E-state index contributed by atoms with van der Waals surface area (Å²) in [5.41, 5.74) is 1.44. The number of rotatable bonds is 6. The average Bonchev–Trinajstić information content (AvgIpc) is 2.52. The fourth-order valence-corrected chi connectivity index (χ4v) is 2.98. The summed E-state index contributed by atoms with van der Waals surface area (Å²) in [5, 5.41) is 7.37. The van der Waals surface area contributed by atoms with Crippen LogP contribution in [0.1, 0.15) is 31.7 Å². The minimum absolute atomic E-state index is 0.0109. The molecule has 2 N–H and O–H groups in total. The van der Waals surface area contributed by atoms with E-state index < -0.39 is 0 Å². The van der Waals surface area contributed by atoms with Crippen LogP contribution < -0.4 is 10.6 Å². The number of benzene rings is 1. The van der Waals surface area contributed by atoms with Gasteiger partial charge in [-0.15, -0.1) is 0 Å². The fraction of sp³-hybridized carbons (Fsp3) is 0.556. The number of aliphatic imine (C=N–C) groups is 1. The minimum atomic E-state index is -0.0109. The van der Waals surface area contributed by atoms with Crippen LogP contribution in [0.4, 0.5) is 0 Å². The van der Waals surface area contributed by atoms with Crippen molar-refractivity contribution >= 4 is 23.5 Å². The van der Waals surface area contributed by atoms with Gasteiger partial charge in [-0.2, -0.15) is 0 Å². The van der Waals surface area contributed by atoms with Crippen LogP contribution in [0, 0.1) is 0 Å². The van der Waals surface area contributed by atoms with E-state index in [2.05, 4.69) is 27.8 Å². The Kier molecular flexibility index (Phi) is 6.49. The third-order valence-electron chi connectivity index (χ3n) is 4.58. The van der Waals surface area contributed by atoms with E-state index in [-0.39, 0.29) is 17.9 Å². The maximum absolute atomic E-state index is 11.7. The molecule has 0 radical (unpaired) electrons. The number of carbonyl (C=O) groups is 1. The highest BCUT2D eigenvalue weighted by molar-refractivity contribution is 6.30. The molecule has 2 rings (SSSR count). The summed E-state index contributed by atoms with van der Waals surface area (Å²) in [5.74, 6) is 0.677. The van der Waals surface area contributed by atoms with Crippen LogP contribution in [-0.4, -0.2) is 50.5 Å². The number of likely N-dealkylation sites (N-methyl/N-ethyl adjacent to an activating group) is 1. The van der Waals surface area contributed by atoms with Gasteiger partial charge in [0.2, 0.25) is 5.91 Å². The lowest BCUT2D eigenvalue weighted by atomic mass is 9.64. The molecular weight excluding hydrogens is 324 g/mol. The third-order valence-corrected chi connectivity index (χ3v) is 4.83. The Morgan fingerprint density at radius 1 is 1.25 bits per heavy atom. The summed E-state index contributed by atoms with van der Waals surface area (Å²) in [7, 11) is 3.48. The van der Waals surface area contributed by atoms with Crippen LogP contribution >= 0.6 is 11.6 Å². The number of amides is 1. The molecule has 0 aromatic heterocycles. The number of halogens is 1. The summed E-state index contributed by atoms with van der Waals surface area (Å²) < 4.78 is 0. The van der Waals surface area contributed by atoms with Crippen molar-refractivity contribution in [2.24, 2.45) is 4.99 Å². The third kappa shape index (κ3) is 4.63.